The molecular weight excluding hydrogens is 292 g/mol. The number of hydrogen-bond donors (Lipinski definition) is 0. The molecule has 5 nitrogen and oxygen atoms in total. The zero-order chi connectivity index (χ0) is 15.4. The lowest BCUT2D eigenvalue weighted by Crippen LogP contribution is -2.43. The van der Waals surface area contributed by atoms with Crippen LogP contribution < -0.4 is 0 Å². The van der Waals surface area contributed by atoms with Gasteiger partial charge in [-0.3, -0.25) is 9.59 Å². The molecule has 1 unspecified atom stereocenters. The summed E-state index contributed by atoms with van der Waals surface area (Å²) in [7, 11) is 0. The van der Waals surface area contributed by atoms with Gasteiger partial charge in [0.2, 0.25) is 0 Å². The third-order valence-electron chi connectivity index (χ3n) is 3.75. The first kappa shape index (κ1) is 15.9. The number of nitrogens with zero attached hydrogens (tertiary/aromatic N) is 2. The molecule has 1 saturated heterocycles. The number of likely N-dealkylation sites (tertiary alicyclic amines) is 1. The lowest BCUT2D eigenvalue weighted by molar-refractivity contribution is -0.149. The van der Waals surface area contributed by atoms with Crippen molar-refractivity contribution < 1.29 is 14.3 Å². The minimum atomic E-state index is -0.219. The molecule has 2 rings (SSSR count). The van der Waals surface area contributed by atoms with Crippen LogP contribution in [0, 0.1) is 5.92 Å². The minimum absolute atomic E-state index is 0.0715. The van der Waals surface area contributed by atoms with Gasteiger partial charge in [0.25, 0.3) is 5.91 Å². The molecule has 116 valence electrons. The fourth-order valence-corrected chi connectivity index (χ4v) is 2.91. The summed E-state index contributed by atoms with van der Waals surface area (Å²) in [6.07, 6.45) is 3.34. The lowest BCUT2D eigenvalue weighted by atomic mass is 9.98. The van der Waals surface area contributed by atoms with Crippen LogP contribution in [0.15, 0.2) is 12.3 Å². The van der Waals surface area contributed by atoms with E-state index in [2.05, 4.69) is 0 Å². The Morgan fingerprint density at radius 2 is 2.19 bits per heavy atom. The highest BCUT2D eigenvalue weighted by atomic mass is 35.5. The predicted octanol–water partition coefficient (Wildman–Crippen LogP) is 2.58. The first-order chi connectivity index (χ1) is 10.1. The molecule has 1 fully saturated rings. The molecule has 6 heteroatoms. The summed E-state index contributed by atoms with van der Waals surface area (Å²) in [4.78, 5) is 26.2. The van der Waals surface area contributed by atoms with E-state index in [1.807, 2.05) is 11.5 Å². The Kier molecular flexibility index (Phi) is 5.28. The maximum Gasteiger partial charge on any atom is 0.310 e. The average molecular weight is 313 g/mol. The number of carbonyl (C=O) groups is 2. The standard InChI is InChI=1S/C15H21ClN2O3/c1-3-17-10-12(16)8-13(17)14(19)18-7-5-6-11(9-18)15(20)21-4-2/h8,10-11H,3-7,9H2,1-2H3. The fraction of sp³-hybridized carbons (Fsp3) is 0.600. The molecule has 1 atom stereocenters. The van der Waals surface area contributed by atoms with Gasteiger partial charge >= 0.3 is 5.97 Å². The van der Waals surface area contributed by atoms with Crippen LogP contribution in [-0.2, 0) is 16.1 Å². The number of piperidine rings is 1. The predicted molar refractivity (Wildman–Crippen MR) is 80.4 cm³/mol. The normalized spacial score (nSPS) is 18.6. The Labute approximate surface area is 129 Å². The van der Waals surface area contributed by atoms with Crippen LogP contribution in [0.2, 0.25) is 5.02 Å². The SMILES string of the molecule is CCOC(=O)C1CCCN(C(=O)c2cc(Cl)cn2CC)C1. The third-order valence-corrected chi connectivity index (χ3v) is 3.96. The Balaban J connectivity index is 2.10. The molecule has 1 aromatic heterocycles. The molecule has 1 amide bonds. The van der Waals surface area contributed by atoms with Crippen molar-refractivity contribution in [3.63, 3.8) is 0 Å². The Hall–Kier alpha value is -1.49. The number of carbonyl (C=O) groups excluding carboxylic acids is 2. The fourth-order valence-electron chi connectivity index (χ4n) is 2.69. The second-order valence-electron chi connectivity index (χ2n) is 5.17. The van der Waals surface area contributed by atoms with Gasteiger partial charge in [-0.1, -0.05) is 11.6 Å². The zero-order valence-electron chi connectivity index (χ0n) is 12.5. The maximum absolute atomic E-state index is 12.6. The monoisotopic (exact) mass is 312 g/mol. The van der Waals surface area contributed by atoms with E-state index in [9.17, 15) is 9.59 Å². The summed E-state index contributed by atoms with van der Waals surface area (Å²) in [5.41, 5.74) is 0.576. The van der Waals surface area contributed by atoms with Crippen molar-refractivity contribution in [1.29, 1.82) is 0 Å². The molecule has 2 heterocycles. The topological polar surface area (TPSA) is 51.5 Å². The number of halogens is 1. The van der Waals surface area contributed by atoms with E-state index in [1.54, 1.807) is 24.1 Å². The van der Waals surface area contributed by atoms with Crippen molar-refractivity contribution in [3.8, 4) is 0 Å². The minimum Gasteiger partial charge on any atom is -0.466 e. The van der Waals surface area contributed by atoms with Crippen molar-refractivity contribution in [2.75, 3.05) is 19.7 Å². The molecule has 0 aromatic carbocycles. The van der Waals surface area contributed by atoms with E-state index < -0.39 is 0 Å². The molecule has 21 heavy (non-hydrogen) atoms. The highest BCUT2D eigenvalue weighted by molar-refractivity contribution is 6.31. The number of esters is 1. The first-order valence-corrected chi connectivity index (χ1v) is 7.76. The summed E-state index contributed by atoms with van der Waals surface area (Å²) in [6, 6.07) is 1.68. The van der Waals surface area contributed by atoms with E-state index in [-0.39, 0.29) is 17.8 Å². The van der Waals surface area contributed by atoms with E-state index in [4.69, 9.17) is 16.3 Å². The Morgan fingerprint density at radius 3 is 2.86 bits per heavy atom. The van der Waals surface area contributed by atoms with Crippen molar-refractivity contribution in [1.82, 2.24) is 9.47 Å². The van der Waals surface area contributed by atoms with Crippen LogP contribution in [-0.4, -0.2) is 41.0 Å². The molecule has 0 saturated carbocycles. The van der Waals surface area contributed by atoms with Gasteiger partial charge in [0, 0.05) is 25.8 Å². The van der Waals surface area contributed by atoms with Crippen LogP contribution >= 0.6 is 11.6 Å². The van der Waals surface area contributed by atoms with Crippen LogP contribution in [0.1, 0.15) is 37.2 Å². The van der Waals surface area contributed by atoms with E-state index >= 15 is 0 Å². The van der Waals surface area contributed by atoms with Gasteiger partial charge < -0.3 is 14.2 Å². The number of hydrogen-bond acceptors (Lipinski definition) is 3. The van der Waals surface area contributed by atoms with Gasteiger partial charge in [0.05, 0.1) is 17.5 Å². The Bertz CT molecular complexity index is 527. The van der Waals surface area contributed by atoms with Gasteiger partial charge in [-0.2, -0.15) is 0 Å². The van der Waals surface area contributed by atoms with E-state index in [0.29, 0.717) is 37.0 Å². The number of ether oxygens (including phenoxy) is 1. The highest BCUT2D eigenvalue weighted by Gasteiger charge is 2.30. The molecule has 1 aliphatic rings. The quantitative estimate of drug-likeness (QED) is 0.803. The van der Waals surface area contributed by atoms with Crippen LogP contribution in [0.5, 0.6) is 0 Å². The first-order valence-electron chi connectivity index (χ1n) is 7.38. The summed E-state index contributed by atoms with van der Waals surface area (Å²) < 4.78 is 6.89. The number of rotatable bonds is 4. The average Bonchev–Trinajstić information content (AvgIpc) is 2.88. The van der Waals surface area contributed by atoms with Crippen LogP contribution in [0.25, 0.3) is 0 Å². The molecule has 0 spiro atoms. The summed E-state index contributed by atoms with van der Waals surface area (Å²) in [6.45, 7) is 5.90. The maximum atomic E-state index is 12.6. The zero-order valence-corrected chi connectivity index (χ0v) is 13.2. The largest absolute Gasteiger partial charge is 0.466 e. The summed E-state index contributed by atoms with van der Waals surface area (Å²) in [5, 5.41) is 0.555. The number of aromatic nitrogens is 1. The molecule has 1 aromatic rings. The molecule has 0 bridgehead atoms. The summed E-state index contributed by atoms with van der Waals surface area (Å²) >= 11 is 5.98. The third kappa shape index (κ3) is 3.59. The van der Waals surface area contributed by atoms with Crippen molar-refractivity contribution in [3.05, 3.63) is 23.0 Å². The van der Waals surface area contributed by atoms with E-state index in [1.165, 1.54) is 0 Å². The smallest absolute Gasteiger partial charge is 0.310 e. The molecule has 0 aliphatic carbocycles. The summed E-state index contributed by atoms with van der Waals surface area (Å²) in [5.74, 6) is -0.500. The van der Waals surface area contributed by atoms with Gasteiger partial charge in [-0.15, -0.1) is 0 Å². The van der Waals surface area contributed by atoms with Crippen molar-refractivity contribution >= 4 is 23.5 Å². The van der Waals surface area contributed by atoms with Gasteiger partial charge in [-0.05, 0) is 32.8 Å². The van der Waals surface area contributed by atoms with Crippen molar-refractivity contribution in [2.45, 2.75) is 33.2 Å². The van der Waals surface area contributed by atoms with Gasteiger partial charge in [0.15, 0.2) is 0 Å². The molecule has 1 aliphatic heterocycles. The molecular formula is C15H21ClN2O3. The van der Waals surface area contributed by atoms with Gasteiger partial charge in [-0.25, -0.2) is 0 Å². The van der Waals surface area contributed by atoms with Crippen molar-refractivity contribution in [2.24, 2.45) is 5.92 Å². The van der Waals surface area contributed by atoms with Gasteiger partial charge in [0.1, 0.15) is 5.69 Å². The second kappa shape index (κ2) is 6.98. The highest BCUT2D eigenvalue weighted by Crippen LogP contribution is 2.22. The lowest BCUT2D eigenvalue weighted by Gasteiger charge is -2.31. The molecule has 0 radical (unpaired) electrons. The Morgan fingerprint density at radius 1 is 1.43 bits per heavy atom. The number of aryl methyl sites for hydroxylation is 1. The number of amides is 1. The second-order valence-corrected chi connectivity index (χ2v) is 5.61. The molecule has 0 N–H and O–H groups in total. The van der Waals surface area contributed by atoms with Crippen LogP contribution in [0.4, 0.5) is 0 Å². The van der Waals surface area contributed by atoms with E-state index in [0.717, 1.165) is 12.8 Å². The van der Waals surface area contributed by atoms with Crippen LogP contribution in [0.3, 0.4) is 0 Å².